The van der Waals surface area contributed by atoms with Gasteiger partial charge in [0.25, 0.3) is 0 Å². The van der Waals surface area contributed by atoms with Gasteiger partial charge in [0.2, 0.25) is 15.9 Å². The molecule has 1 N–H and O–H groups in total. The molecule has 0 bridgehead atoms. The number of nitrogens with zero attached hydrogens (tertiary/aromatic N) is 1. The number of methoxy groups -OCH3 is 1. The van der Waals surface area contributed by atoms with E-state index in [9.17, 15) is 13.2 Å². The Hall–Kier alpha value is -2.58. The quantitative estimate of drug-likeness (QED) is 0.747. The van der Waals surface area contributed by atoms with E-state index >= 15 is 0 Å². The van der Waals surface area contributed by atoms with Crippen molar-refractivity contribution < 1.29 is 22.7 Å². The molecule has 1 amide bonds. The van der Waals surface area contributed by atoms with Crippen molar-refractivity contribution in [2.24, 2.45) is 0 Å². The van der Waals surface area contributed by atoms with Crippen molar-refractivity contribution in [1.29, 1.82) is 0 Å². The van der Waals surface area contributed by atoms with E-state index in [1.165, 1.54) is 26.3 Å². The van der Waals surface area contributed by atoms with Crippen LogP contribution in [0.4, 0.5) is 5.69 Å². The molecule has 0 aliphatic carbocycles. The van der Waals surface area contributed by atoms with Crippen molar-refractivity contribution in [3.63, 3.8) is 0 Å². The Labute approximate surface area is 160 Å². The number of sulfonamides is 1. The molecular formula is C19H24N2O5S. The second kappa shape index (κ2) is 8.88. The fraction of sp³-hybridized carbons (Fsp3) is 0.316. The zero-order valence-corrected chi connectivity index (χ0v) is 16.6. The van der Waals surface area contributed by atoms with Gasteiger partial charge in [-0.2, -0.15) is 4.31 Å². The lowest BCUT2D eigenvalue weighted by atomic mass is 10.3. The van der Waals surface area contributed by atoms with Crippen LogP contribution in [0.25, 0.3) is 0 Å². The molecule has 0 aromatic heterocycles. The van der Waals surface area contributed by atoms with Gasteiger partial charge in [-0.05, 0) is 50.2 Å². The highest BCUT2D eigenvalue weighted by Gasteiger charge is 2.23. The van der Waals surface area contributed by atoms with Crippen molar-refractivity contribution in [3.05, 3.63) is 48.5 Å². The average molecular weight is 392 g/mol. The number of likely N-dealkylation sites (N-methyl/N-ethyl adjacent to an activating group) is 1. The van der Waals surface area contributed by atoms with Crippen LogP contribution >= 0.6 is 0 Å². The van der Waals surface area contributed by atoms with Gasteiger partial charge in [0.15, 0.2) is 0 Å². The van der Waals surface area contributed by atoms with E-state index in [2.05, 4.69) is 5.32 Å². The number of carbonyl (C=O) groups is 1. The van der Waals surface area contributed by atoms with Crippen LogP contribution in [0.5, 0.6) is 11.5 Å². The molecule has 0 radical (unpaired) electrons. The van der Waals surface area contributed by atoms with Crippen LogP contribution in [-0.4, -0.2) is 45.4 Å². The summed E-state index contributed by atoms with van der Waals surface area (Å²) in [5, 5.41) is 2.68. The van der Waals surface area contributed by atoms with Gasteiger partial charge in [0.05, 0.1) is 24.7 Å². The third-order valence-electron chi connectivity index (χ3n) is 3.62. The average Bonchev–Trinajstić information content (AvgIpc) is 2.61. The number of ether oxygens (including phenoxy) is 2. The van der Waals surface area contributed by atoms with E-state index in [0.29, 0.717) is 17.2 Å². The Morgan fingerprint density at radius 3 is 2.37 bits per heavy atom. The number of benzene rings is 2. The van der Waals surface area contributed by atoms with E-state index in [-0.39, 0.29) is 17.5 Å². The number of anilines is 1. The molecule has 27 heavy (non-hydrogen) atoms. The van der Waals surface area contributed by atoms with Crippen LogP contribution in [0, 0.1) is 0 Å². The lowest BCUT2D eigenvalue weighted by molar-refractivity contribution is -0.116. The number of hydrogen-bond donors (Lipinski definition) is 1. The predicted octanol–water partition coefficient (Wildman–Crippen LogP) is 2.74. The second-order valence-corrected chi connectivity index (χ2v) is 8.22. The van der Waals surface area contributed by atoms with Gasteiger partial charge in [-0.3, -0.25) is 4.79 Å². The van der Waals surface area contributed by atoms with Gasteiger partial charge in [-0.1, -0.05) is 6.07 Å². The molecule has 0 atom stereocenters. The van der Waals surface area contributed by atoms with Crippen molar-refractivity contribution in [2.45, 2.75) is 24.8 Å². The Kier molecular flexibility index (Phi) is 6.81. The molecule has 146 valence electrons. The number of nitrogens with one attached hydrogen (secondary N) is 1. The first kappa shape index (κ1) is 20.7. The Bertz CT molecular complexity index is 879. The van der Waals surface area contributed by atoms with E-state index in [4.69, 9.17) is 9.47 Å². The molecule has 0 aliphatic rings. The molecule has 8 heteroatoms. The molecule has 7 nitrogen and oxygen atoms in total. The summed E-state index contributed by atoms with van der Waals surface area (Å²) in [7, 11) is -0.923. The molecule has 0 aliphatic heterocycles. The molecule has 0 fully saturated rings. The summed E-state index contributed by atoms with van der Waals surface area (Å²) in [4.78, 5) is 12.3. The normalized spacial score (nSPS) is 11.5. The summed E-state index contributed by atoms with van der Waals surface area (Å²) < 4.78 is 36.8. The maximum Gasteiger partial charge on any atom is 0.243 e. The molecule has 0 spiro atoms. The highest BCUT2D eigenvalue weighted by atomic mass is 32.2. The topological polar surface area (TPSA) is 84.9 Å². The number of rotatable bonds is 8. The Morgan fingerprint density at radius 1 is 1.11 bits per heavy atom. The third-order valence-corrected chi connectivity index (χ3v) is 5.44. The van der Waals surface area contributed by atoms with Gasteiger partial charge in [-0.25, -0.2) is 8.42 Å². The number of amides is 1. The lowest BCUT2D eigenvalue weighted by Crippen LogP contribution is -2.34. The fourth-order valence-corrected chi connectivity index (χ4v) is 3.46. The summed E-state index contributed by atoms with van der Waals surface area (Å²) in [5.74, 6) is 0.733. The maximum atomic E-state index is 12.6. The van der Waals surface area contributed by atoms with Gasteiger partial charge < -0.3 is 14.8 Å². The molecule has 2 aromatic carbocycles. The van der Waals surface area contributed by atoms with Crippen molar-refractivity contribution in [1.82, 2.24) is 4.31 Å². The minimum Gasteiger partial charge on any atom is -0.497 e. The molecule has 0 heterocycles. The van der Waals surface area contributed by atoms with E-state index in [0.717, 1.165) is 4.31 Å². The van der Waals surface area contributed by atoms with Crippen molar-refractivity contribution >= 4 is 21.6 Å². The van der Waals surface area contributed by atoms with Crippen LogP contribution in [-0.2, 0) is 14.8 Å². The standard InChI is InChI=1S/C19H24N2O5S/c1-14(2)26-17-7-5-6-15(12-17)20-19(22)13-21(3)27(23,24)18-10-8-16(25-4)9-11-18/h5-12,14H,13H2,1-4H3,(H,20,22). The predicted molar refractivity (Wildman–Crippen MR) is 104 cm³/mol. The first-order valence-electron chi connectivity index (χ1n) is 8.39. The van der Waals surface area contributed by atoms with Crippen molar-refractivity contribution in [3.8, 4) is 11.5 Å². The Morgan fingerprint density at radius 2 is 1.78 bits per heavy atom. The number of carbonyl (C=O) groups excluding carboxylic acids is 1. The van der Waals surface area contributed by atoms with Gasteiger partial charge >= 0.3 is 0 Å². The highest BCUT2D eigenvalue weighted by Crippen LogP contribution is 2.20. The maximum absolute atomic E-state index is 12.6. The molecule has 0 saturated heterocycles. The third kappa shape index (κ3) is 5.70. The van der Waals surface area contributed by atoms with Gasteiger partial charge in [-0.15, -0.1) is 0 Å². The number of hydrogen-bond acceptors (Lipinski definition) is 5. The Balaban J connectivity index is 2.03. The van der Waals surface area contributed by atoms with Gasteiger partial charge in [0, 0.05) is 18.8 Å². The van der Waals surface area contributed by atoms with Gasteiger partial charge in [0.1, 0.15) is 11.5 Å². The SMILES string of the molecule is COc1ccc(S(=O)(=O)N(C)CC(=O)Nc2cccc(OC(C)C)c2)cc1. The lowest BCUT2D eigenvalue weighted by Gasteiger charge is -2.17. The molecular weight excluding hydrogens is 368 g/mol. The summed E-state index contributed by atoms with van der Waals surface area (Å²) >= 11 is 0. The van der Waals surface area contributed by atoms with Crippen LogP contribution in [0.1, 0.15) is 13.8 Å². The molecule has 0 unspecified atom stereocenters. The second-order valence-electron chi connectivity index (χ2n) is 6.18. The zero-order chi connectivity index (χ0) is 20.0. The van der Waals surface area contributed by atoms with Crippen LogP contribution in [0.2, 0.25) is 0 Å². The highest BCUT2D eigenvalue weighted by molar-refractivity contribution is 7.89. The molecule has 2 rings (SSSR count). The molecule has 0 saturated carbocycles. The summed E-state index contributed by atoms with van der Waals surface area (Å²) in [5.41, 5.74) is 0.536. The summed E-state index contributed by atoms with van der Waals surface area (Å²) in [6, 6.07) is 12.9. The molecule has 2 aromatic rings. The summed E-state index contributed by atoms with van der Waals surface area (Å²) in [6.45, 7) is 3.50. The minimum atomic E-state index is -3.78. The van der Waals surface area contributed by atoms with E-state index in [1.807, 2.05) is 13.8 Å². The summed E-state index contributed by atoms with van der Waals surface area (Å²) in [6.07, 6.45) is 0.0109. The minimum absolute atomic E-state index is 0.0109. The fourth-order valence-electron chi connectivity index (χ4n) is 2.33. The smallest absolute Gasteiger partial charge is 0.243 e. The first-order valence-corrected chi connectivity index (χ1v) is 9.83. The van der Waals surface area contributed by atoms with Crippen LogP contribution < -0.4 is 14.8 Å². The monoisotopic (exact) mass is 392 g/mol. The van der Waals surface area contributed by atoms with E-state index in [1.54, 1.807) is 36.4 Å². The largest absolute Gasteiger partial charge is 0.497 e. The zero-order valence-electron chi connectivity index (χ0n) is 15.8. The van der Waals surface area contributed by atoms with Crippen LogP contribution in [0.3, 0.4) is 0 Å². The first-order chi connectivity index (χ1) is 12.7. The van der Waals surface area contributed by atoms with Crippen molar-refractivity contribution in [2.75, 3.05) is 26.0 Å². The van der Waals surface area contributed by atoms with E-state index < -0.39 is 15.9 Å². The van der Waals surface area contributed by atoms with Crippen LogP contribution in [0.15, 0.2) is 53.4 Å².